The minimum atomic E-state index is -1.51. The Kier molecular flexibility index (Phi) is 6.01. The van der Waals surface area contributed by atoms with Gasteiger partial charge in [-0.3, -0.25) is 9.59 Å². The molecule has 0 aliphatic carbocycles. The molecule has 28 heavy (non-hydrogen) atoms. The number of cyclic esters (lactones) is 4. The van der Waals surface area contributed by atoms with Gasteiger partial charge in [0.25, 0.3) is 0 Å². The van der Waals surface area contributed by atoms with E-state index in [4.69, 9.17) is 14.2 Å². The number of hydrogen-bond acceptors (Lipinski definition) is 9. The summed E-state index contributed by atoms with van der Waals surface area (Å²) in [5, 5.41) is 9.43. The fourth-order valence-corrected chi connectivity index (χ4v) is 2.49. The van der Waals surface area contributed by atoms with E-state index in [1.54, 1.807) is 13.8 Å². The van der Waals surface area contributed by atoms with Gasteiger partial charge in [0.1, 0.15) is 32.0 Å². The number of carbonyl (C=O) groups excluding carboxylic acids is 3. The van der Waals surface area contributed by atoms with E-state index >= 15 is 0 Å². The topological polar surface area (TPSA) is 135 Å². The van der Waals surface area contributed by atoms with E-state index in [9.17, 15) is 24.3 Å². The Hall–Kier alpha value is -3.04. The normalized spacial score (nSPS) is 20.9. The van der Waals surface area contributed by atoms with Crippen LogP contribution in [0.1, 0.15) is 20.3 Å². The van der Waals surface area contributed by atoms with Crippen molar-refractivity contribution in [1.29, 1.82) is 0 Å². The second-order valence-electron chi connectivity index (χ2n) is 7.23. The molecule has 0 unspecified atom stereocenters. The molecule has 0 aromatic heterocycles. The van der Waals surface area contributed by atoms with Crippen LogP contribution in [0.4, 0.5) is 9.59 Å². The highest BCUT2D eigenvalue weighted by Crippen LogP contribution is 2.31. The molecule has 2 fully saturated rings. The number of carbonyl (C=O) groups is 4. The smallest absolute Gasteiger partial charge is 0.480 e. The number of rotatable bonds is 7. The summed E-state index contributed by atoms with van der Waals surface area (Å²) in [5.74, 6) is -1.89. The summed E-state index contributed by atoms with van der Waals surface area (Å²) < 4.78 is 24.4. The van der Waals surface area contributed by atoms with Crippen molar-refractivity contribution in [2.75, 3.05) is 26.4 Å². The molecule has 0 radical (unpaired) electrons. The van der Waals surface area contributed by atoms with Gasteiger partial charge in [0.05, 0.1) is 0 Å². The molecule has 2 rings (SSSR count). The molecule has 0 spiro atoms. The van der Waals surface area contributed by atoms with Gasteiger partial charge in [-0.2, -0.15) is 0 Å². The average Bonchev–Trinajstić information content (AvgIpc) is 2.63. The summed E-state index contributed by atoms with van der Waals surface area (Å²) in [6.07, 6.45) is 2.54. The first kappa shape index (κ1) is 21.3. The molecule has 2 aliphatic rings. The van der Waals surface area contributed by atoms with E-state index in [0.717, 1.165) is 0 Å². The van der Waals surface area contributed by atoms with E-state index in [1.165, 1.54) is 18.2 Å². The Labute approximate surface area is 161 Å². The lowest BCUT2D eigenvalue weighted by molar-refractivity contribution is -0.175. The lowest BCUT2D eigenvalue weighted by Crippen LogP contribution is -2.47. The molecule has 2 saturated heterocycles. The van der Waals surface area contributed by atoms with Crippen molar-refractivity contribution >= 4 is 24.2 Å². The number of aliphatic carboxylic acids is 1. The van der Waals surface area contributed by atoms with Crippen molar-refractivity contribution in [1.82, 2.24) is 0 Å². The molecule has 0 bridgehead atoms. The van der Waals surface area contributed by atoms with Crippen LogP contribution in [0.2, 0.25) is 0 Å². The first-order valence-corrected chi connectivity index (χ1v) is 8.41. The van der Waals surface area contributed by atoms with Crippen LogP contribution < -0.4 is 0 Å². The van der Waals surface area contributed by atoms with Crippen LogP contribution in [-0.4, -0.2) is 61.4 Å². The van der Waals surface area contributed by atoms with Gasteiger partial charge in [0.15, 0.2) is 10.8 Å². The van der Waals surface area contributed by atoms with Crippen molar-refractivity contribution in [2.45, 2.75) is 25.9 Å². The second-order valence-corrected chi connectivity index (χ2v) is 7.23. The quantitative estimate of drug-likeness (QED) is 0.384. The molecule has 0 amide bonds. The van der Waals surface area contributed by atoms with Crippen LogP contribution in [0.5, 0.6) is 0 Å². The molecular formula is C18H22O10. The van der Waals surface area contributed by atoms with Crippen molar-refractivity contribution in [3.05, 3.63) is 24.8 Å². The SMILES string of the molecule is C=CC1(C(=O)OC(C)(C)C/C=C/C2(C(=O)O)COC(=O)OC2)COC(=O)OC1. The summed E-state index contributed by atoms with van der Waals surface area (Å²) in [7, 11) is 0. The van der Waals surface area contributed by atoms with Crippen molar-refractivity contribution < 1.29 is 48.0 Å². The second kappa shape index (κ2) is 7.91. The summed E-state index contributed by atoms with van der Waals surface area (Å²) in [5.41, 5.74) is -3.85. The van der Waals surface area contributed by atoms with Crippen molar-refractivity contribution in [2.24, 2.45) is 10.8 Å². The molecule has 0 atom stereocenters. The van der Waals surface area contributed by atoms with Gasteiger partial charge in [0, 0.05) is 6.42 Å². The molecule has 2 aliphatic heterocycles. The number of ether oxygens (including phenoxy) is 5. The summed E-state index contributed by atoms with van der Waals surface area (Å²) in [4.78, 5) is 46.2. The molecule has 154 valence electrons. The number of carboxylic acids is 1. The highest BCUT2D eigenvalue weighted by molar-refractivity contribution is 5.81. The van der Waals surface area contributed by atoms with Crippen LogP contribution in [0.3, 0.4) is 0 Å². The average molecular weight is 398 g/mol. The zero-order chi connectivity index (χ0) is 21.0. The van der Waals surface area contributed by atoms with Gasteiger partial charge in [-0.25, -0.2) is 9.59 Å². The molecule has 1 N–H and O–H groups in total. The van der Waals surface area contributed by atoms with Crippen molar-refractivity contribution in [3.63, 3.8) is 0 Å². The molecule has 0 aromatic rings. The summed E-state index contributed by atoms with van der Waals surface area (Å²) in [6, 6.07) is 0. The summed E-state index contributed by atoms with van der Waals surface area (Å²) in [6.45, 7) is 5.63. The predicted octanol–water partition coefficient (Wildman–Crippen LogP) is 1.83. The zero-order valence-corrected chi connectivity index (χ0v) is 15.6. The van der Waals surface area contributed by atoms with Gasteiger partial charge in [0.2, 0.25) is 0 Å². The molecule has 2 heterocycles. The van der Waals surface area contributed by atoms with Crippen LogP contribution in [0.15, 0.2) is 24.8 Å². The third kappa shape index (κ3) is 4.62. The van der Waals surface area contributed by atoms with Gasteiger partial charge in [-0.05, 0) is 13.8 Å². The molecule has 0 saturated carbocycles. The van der Waals surface area contributed by atoms with E-state index in [1.807, 2.05) is 0 Å². The van der Waals surface area contributed by atoms with Gasteiger partial charge >= 0.3 is 24.2 Å². The zero-order valence-electron chi connectivity index (χ0n) is 15.6. The first-order chi connectivity index (χ1) is 13.0. The Balaban J connectivity index is 2.02. The number of hydrogen-bond donors (Lipinski definition) is 1. The minimum absolute atomic E-state index is 0.162. The van der Waals surface area contributed by atoms with Gasteiger partial charge in [-0.1, -0.05) is 18.2 Å². The highest BCUT2D eigenvalue weighted by Gasteiger charge is 2.46. The maximum absolute atomic E-state index is 12.6. The first-order valence-electron chi connectivity index (χ1n) is 8.41. The van der Waals surface area contributed by atoms with E-state index in [2.05, 4.69) is 16.1 Å². The Morgan fingerprint density at radius 1 is 1.07 bits per heavy atom. The predicted molar refractivity (Wildman–Crippen MR) is 91.2 cm³/mol. The van der Waals surface area contributed by atoms with Crippen LogP contribution in [0.25, 0.3) is 0 Å². The molecule has 10 nitrogen and oxygen atoms in total. The Bertz CT molecular complexity index is 685. The van der Waals surface area contributed by atoms with Gasteiger partial charge in [-0.15, -0.1) is 6.58 Å². The maximum atomic E-state index is 12.6. The van der Waals surface area contributed by atoms with Crippen LogP contribution in [0, 0.1) is 10.8 Å². The standard InChI is InChI=1S/C18H22O10/c1-4-17(8-24-14(22)25-9-17)13(21)28-16(2,3)6-5-7-18(12(19)20)10-26-15(23)27-11-18/h4-5,7H,1,6,8-11H2,2-3H3,(H,19,20)/b7-5+. The van der Waals surface area contributed by atoms with E-state index in [0.29, 0.717) is 0 Å². The fraction of sp³-hybridized carbons (Fsp3) is 0.556. The largest absolute Gasteiger partial charge is 0.508 e. The lowest BCUT2D eigenvalue weighted by atomic mass is 9.87. The molecule has 10 heteroatoms. The highest BCUT2D eigenvalue weighted by atomic mass is 16.7. The maximum Gasteiger partial charge on any atom is 0.508 e. The third-order valence-electron chi connectivity index (χ3n) is 4.43. The molecular weight excluding hydrogens is 376 g/mol. The van der Waals surface area contributed by atoms with Crippen LogP contribution >= 0.6 is 0 Å². The number of carboxylic acid groups (broad SMARTS) is 1. The van der Waals surface area contributed by atoms with Gasteiger partial charge < -0.3 is 28.8 Å². The van der Waals surface area contributed by atoms with Crippen molar-refractivity contribution in [3.8, 4) is 0 Å². The van der Waals surface area contributed by atoms with E-state index < -0.39 is 40.7 Å². The Morgan fingerprint density at radius 2 is 1.54 bits per heavy atom. The third-order valence-corrected chi connectivity index (χ3v) is 4.43. The van der Waals surface area contributed by atoms with Crippen LogP contribution in [-0.2, 0) is 33.3 Å². The summed E-state index contributed by atoms with van der Waals surface area (Å²) >= 11 is 0. The lowest BCUT2D eigenvalue weighted by Gasteiger charge is -2.34. The monoisotopic (exact) mass is 398 g/mol. The minimum Gasteiger partial charge on any atom is -0.480 e. The number of esters is 1. The fourth-order valence-electron chi connectivity index (χ4n) is 2.49. The molecule has 0 aromatic carbocycles. The van der Waals surface area contributed by atoms with E-state index in [-0.39, 0.29) is 32.8 Å². The Morgan fingerprint density at radius 3 is 1.96 bits per heavy atom.